The van der Waals surface area contributed by atoms with Crippen LogP contribution in [0.4, 0.5) is 5.69 Å². The van der Waals surface area contributed by atoms with E-state index >= 15 is 0 Å². The first-order chi connectivity index (χ1) is 14.3. The van der Waals surface area contributed by atoms with Gasteiger partial charge in [-0.1, -0.05) is 36.9 Å². The van der Waals surface area contributed by atoms with E-state index in [0.29, 0.717) is 21.5 Å². The van der Waals surface area contributed by atoms with Crippen LogP contribution >= 0.6 is 23.4 Å². The van der Waals surface area contributed by atoms with Crippen LogP contribution in [0.3, 0.4) is 0 Å². The van der Waals surface area contributed by atoms with E-state index < -0.39 is 10.0 Å². The van der Waals surface area contributed by atoms with E-state index in [0.717, 1.165) is 23.3 Å². The summed E-state index contributed by atoms with van der Waals surface area (Å²) in [6, 6.07) is 9.86. The van der Waals surface area contributed by atoms with Crippen LogP contribution in [0.5, 0.6) is 0 Å². The van der Waals surface area contributed by atoms with E-state index in [-0.39, 0.29) is 10.6 Å². The number of nitrogens with one attached hydrogen (secondary N) is 1. The number of hydrogen-bond donors (Lipinski definition) is 1. The van der Waals surface area contributed by atoms with Gasteiger partial charge in [0.05, 0.1) is 21.6 Å². The molecule has 0 aliphatic heterocycles. The van der Waals surface area contributed by atoms with Gasteiger partial charge >= 0.3 is 5.69 Å². The average molecular weight is 466 g/mol. The van der Waals surface area contributed by atoms with E-state index in [9.17, 15) is 13.2 Å². The van der Waals surface area contributed by atoms with Gasteiger partial charge in [-0.3, -0.25) is 13.9 Å². The number of imidazole rings is 1. The van der Waals surface area contributed by atoms with Crippen molar-refractivity contribution in [1.82, 2.24) is 9.13 Å². The van der Waals surface area contributed by atoms with E-state index in [2.05, 4.69) is 4.72 Å². The Balaban J connectivity index is 1.80. The van der Waals surface area contributed by atoms with Gasteiger partial charge in [0.2, 0.25) is 0 Å². The molecule has 0 atom stereocenters. The second kappa shape index (κ2) is 8.32. The van der Waals surface area contributed by atoms with E-state index in [1.165, 1.54) is 36.0 Å². The van der Waals surface area contributed by atoms with Crippen molar-refractivity contribution in [3.05, 3.63) is 51.9 Å². The number of benzene rings is 2. The maximum Gasteiger partial charge on any atom is 0.328 e. The molecule has 0 radical (unpaired) electrons. The third-order valence-electron chi connectivity index (χ3n) is 5.57. The summed E-state index contributed by atoms with van der Waals surface area (Å²) in [7, 11) is -0.406. The molecule has 1 aromatic heterocycles. The number of nitrogens with zero attached hydrogens (tertiary/aromatic N) is 2. The molecule has 0 bridgehead atoms. The molecule has 30 heavy (non-hydrogen) atoms. The summed E-state index contributed by atoms with van der Waals surface area (Å²) in [5, 5.41) is 0.793. The van der Waals surface area contributed by atoms with Crippen LogP contribution in [-0.2, 0) is 24.1 Å². The summed E-state index contributed by atoms with van der Waals surface area (Å²) < 4.78 is 31.9. The fourth-order valence-corrected chi connectivity index (χ4v) is 6.68. The Morgan fingerprint density at radius 2 is 1.70 bits per heavy atom. The summed E-state index contributed by atoms with van der Waals surface area (Å²) in [5.74, 6) is 0. The number of aryl methyl sites for hydroxylation is 2. The minimum atomic E-state index is -3.83. The highest BCUT2D eigenvalue weighted by molar-refractivity contribution is 8.00. The first-order valence-electron chi connectivity index (χ1n) is 9.91. The molecule has 1 heterocycles. The Hall–Kier alpha value is -1.90. The zero-order valence-electron chi connectivity index (χ0n) is 16.9. The number of aromatic nitrogens is 2. The lowest BCUT2D eigenvalue weighted by Gasteiger charge is -2.22. The number of halogens is 1. The SMILES string of the molecule is Cn1c(=O)n(C)c2cc(SC3CCCCC3)c(NS(=O)(=O)c3cccc(Cl)c3)cc21. The molecular formula is C21H24ClN3O3S2. The molecule has 6 nitrogen and oxygen atoms in total. The van der Waals surface area contributed by atoms with Crippen LogP contribution in [-0.4, -0.2) is 22.8 Å². The van der Waals surface area contributed by atoms with Crippen LogP contribution in [0.15, 0.2) is 51.0 Å². The maximum atomic E-state index is 13.0. The highest BCUT2D eigenvalue weighted by Gasteiger charge is 2.22. The number of thioether (sulfide) groups is 1. The number of anilines is 1. The lowest BCUT2D eigenvalue weighted by Crippen LogP contribution is -2.19. The predicted molar refractivity (Wildman–Crippen MR) is 123 cm³/mol. The van der Waals surface area contributed by atoms with Crippen molar-refractivity contribution in [3.8, 4) is 0 Å². The second-order valence-electron chi connectivity index (χ2n) is 7.68. The van der Waals surface area contributed by atoms with Gasteiger partial charge < -0.3 is 0 Å². The molecule has 1 saturated carbocycles. The predicted octanol–water partition coefficient (Wildman–Crippen LogP) is 4.76. The standard InChI is InChI=1S/C21H24ClN3O3S2/c1-24-18-12-17(23-30(27,28)16-10-6-7-14(22)11-16)20(13-19(18)25(2)21(24)26)29-15-8-4-3-5-9-15/h6-7,10-13,15,23H,3-5,8-9H2,1-2H3. The normalized spacial score (nSPS) is 15.6. The van der Waals surface area contributed by atoms with Crippen molar-refractivity contribution >= 4 is 50.1 Å². The van der Waals surface area contributed by atoms with Crippen LogP contribution in [0.2, 0.25) is 5.02 Å². The third kappa shape index (κ3) is 4.13. The summed E-state index contributed by atoms with van der Waals surface area (Å²) in [6.45, 7) is 0. The van der Waals surface area contributed by atoms with Gasteiger partial charge in [-0.15, -0.1) is 11.8 Å². The molecule has 2 aromatic carbocycles. The summed E-state index contributed by atoms with van der Waals surface area (Å²) in [6.07, 6.45) is 5.84. The molecule has 1 fully saturated rings. The molecule has 0 unspecified atom stereocenters. The van der Waals surface area contributed by atoms with Crippen LogP contribution in [0, 0.1) is 0 Å². The maximum absolute atomic E-state index is 13.0. The van der Waals surface area contributed by atoms with Crippen molar-refractivity contribution in [1.29, 1.82) is 0 Å². The minimum Gasteiger partial charge on any atom is -0.295 e. The van der Waals surface area contributed by atoms with Crippen LogP contribution < -0.4 is 10.4 Å². The van der Waals surface area contributed by atoms with Gasteiger partial charge in [0.25, 0.3) is 10.0 Å². The fourth-order valence-electron chi connectivity index (χ4n) is 3.90. The molecule has 4 rings (SSSR count). The highest BCUT2D eigenvalue weighted by Crippen LogP contribution is 2.39. The van der Waals surface area contributed by atoms with Crippen molar-refractivity contribution < 1.29 is 8.42 Å². The molecule has 1 aliphatic rings. The largest absolute Gasteiger partial charge is 0.328 e. The summed E-state index contributed by atoms with van der Waals surface area (Å²) >= 11 is 7.69. The molecule has 0 spiro atoms. The van der Waals surface area contributed by atoms with Crippen molar-refractivity contribution in [2.45, 2.75) is 47.1 Å². The quantitative estimate of drug-likeness (QED) is 0.589. The Bertz CT molecular complexity index is 1260. The van der Waals surface area contributed by atoms with E-state index in [1.54, 1.807) is 48.6 Å². The first-order valence-corrected chi connectivity index (χ1v) is 12.6. The van der Waals surface area contributed by atoms with Gasteiger partial charge in [0.15, 0.2) is 0 Å². The summed E-state index contributed by atoms with van der Waals surface area (Å²) in [4.78, 5) is 13.3. The first kappa shape index (κ1) is 21.3. The zero-order chi connectivity index (χ0) is 21.5. The number of sulfonamides is 1. The van der Waals surface area contributed by atoms with Crippen LogP contribution in [0.1, 0.15) is 32.1 Å². The smallest absolute Gasteiger partial charge is 0.295 e. The Kier molecular flexibility index (Phi) is 5.92. The average Bonchev–Trinajstić information content (AvgIpc) is 2.92. The number of fused-ring (bicyclic) bond motifs is 1. The molecule has 9 heteroatoms. The monoisotopic (exact) mass is 465 g/mol. The van der Waals surface area contributed by atoms with E-state index in [4.69, 9.17) is 11.6 Å². The van der Waals surface area contributed by atoms with Gasteiger partial charge in [-0.2, -0.15) is 0 Å². The van der Waals surface area contributed by atoms with Gasteiger partial charge in [0, 0.05) is 29.3 Å². The minimum absolute atomic E-state index is 0.102. The molecule has 1 N–H and O–H groups in total. The fraction of sp³-hybridized carbons (Fsp3) is 0.381. The molecule has 0 amide bonds. The molecular weight excluding hydrogens is 442 g/mol. The van der Waals surface area contributed by atoms with E-state index in [1.807, 2.05) is 6.07 Å². The Morgan fingerprint density at radius 1 is 1.03 bits per heavy atom. The highest BCUT2D eigenvalue weighted by atomic mass is 35.5. The zero-order valence-corrected chi connectivity index (χ0v) is 19.3. The second-order valence-corrected chi connectivity index (χ2v) is 11.1. The molecule has 1 aliphatic carbocycles. The van der Waals surface area contributed by atoms with Crippen LogP contribution in [0.25, 0.3) is 11.0 Å². The Morgan fingerprint density at radius 3 is 2.37 bits per heavy atom. The van der Waals surface area contributed by atoms with Gasteiger partial charge in [0.1, 0.15) is 0 Å². The Labute approximate surface area is 185 Å². The van der Waals surface area contributed by atoms with Gasteiger partial charge in [-0.05, 0) is 43.2 Å². The van der Waals surface area contributed by atoms with Crippen molar-refractivity contribution in [3.63, 3.8) is 0 Å². The number of rotatable bonds is 5. The molecule has 160 valence electrons. The lowest BCUT2D eigenvalue weighted by atomic mass is 10.0. The summed E-state index contributed by atoms with van der Waals surface area (Å²) in [5.41, 5.74) is 1.80. The van der Waals surface area contributed by atoms with Crippen molar-refractivity contribution in [2.24, 2.45) is 14.1 Å². The number of hydrogen-bond acceptors (Lipinski definition) is 4. The van der Waals surface area contributed by atoms with Gasteiger partial charge in [-0.25, -0.2) is 13.2 Å². The molecule has 0 saturated heterocycles. The van der Waals surface area contributed by atoms with Crippen molar-refractivity contribution in [2.75, 3.05) is 4.72 Å². The molecule has 3 aromatic rings. The topological polar surface area (TPSA) is 73.1 Å². The third-order valence-corrected chi connectivity index (χ3v) is 8.56. The lowest BCUT2D eigenvalue weighted by molar-refractivity contribution is 0.516.